The van der Waals surface area contributed by atoms with Crippen molar-refractivity contribution in [1.29, 1.82) is 0 Å². The molecule has 1 atom stereocenters. The normalized spacial score (nSPS) is 32.7. The highest BCUT2D eigenvalue weighted by atomic mass is 16.1. The predicted molar refractivity (Wildman–Crippen MR) is 48.0 cm³/mol. The highest BCUT2D eigenvalue weighted by molar-refractivity contribution is 5.80. The predicted octanol–water partition coefficient (Wildman–Crippen LogP) is 1.50. The third-order valence-corrected chi connectivity index (χ3v) is 3.23. The SMILES string of the molecule is O=C1CCNC(C2CCCC2)C1. The van der Waals surface area contributed by atoms with Crippen LogP contribution < -0.4 is 5.32 Å². The second-order valence-electron chi connectivity index (χ2n) is 4.10. The van der Waals surface area contributed by atoms with Gasteiger partial charge in [-0.05, 0) is 18.8 Å². The first-order chi connectivity index (χ1) is 5.86. The minimum Gasteiger partial charge on any atom is -0.313 e. The van der Waals surface area contributed by atoms with Gasteiger partial charge in [0.15, 0.2) is 0 Å². The van der Waals surface area contributed by atoms with Gasteiger partial charge in [-0.2, -0.15) is 0 Å². The van der Waals surface area contributed by atoms with E-state index in [0.717, 1.165) is 25.3 Å². The second kappa shape index (κ2) is 3.56. The van der Waals surface area contributed by atoms with Crippen molar-refractivity contribution in [3.05, 3.63) is 0 Å². The molecule has 0 aromatic heterocycles. The van der Waals surface area contributed by atoms with Gasteiger partial charge in [0.25, 0.3) is 0 Å². The molecule has 0 aromatic carbocycles. The van der Waals surface area contributed by atoms with Crippen LogP contribution in [0, 0.1) is 5.92 Å². The molecular formula is C10H17NO. The van der Waals surface area contributed by atoms with Crippen molar-refractivity contribution >= 4 is 5.78 Å². The van der Waals surface area contributed by atoms with Crippen LogP contribution in [0.5, 0.6) is 0 Å². The number of hydrogen-bond donors (Lipinski definition) is 1. The summed E-state index contributed by atoms with van der Waals surface area (Å²) in [6.45, 7) is 0.917. The number of carbonyl (C=O) groups excluding carboxylic acids is 1. The van der Waals surface area contributed by atoms with Gasteiger partial charge < -0.3 is 5.32 Å². The van der Waals surface area contributed by atoms with Crippen LogP contribution in [0.15, 0.2) is 0 Å². The maximum Gasteiger partial charge on any atom is 0.135 e. The molecule has 2 aliphatic rings. The summed E-state index contributed by atoms with van der Waals surface area (Å²) in [4.78, 5) is 11.2. The molecule has 2 fully saturated rings. The lowest BCUT2D eigenvalue weighted by molar-refractivity contribution is -0.121. The first kappa shape index (κ1) is 8.24. The lowest BCUT2D eigenvalue weighted by Gasteiger charge is -2.27. The summed E-state index contributed by atoms with van der Waals surface area (Å²) >= 11 is 0. The van der Waals surface area contributed by atoms with Crippen LogP contribution in [0.3, 0.4) is 0 Å². The van der Waals surface area contributed by atoms with Gasteiger partial charge in [0.2, 0.25) is 0 Å². The Labute approximate surface area is 73.7 Å². The van der Waals surface area contributed by atoms with Crippen LogP contribution in [0.25, 0.3) is 0 Å². The molecule has 1 aliphatic heterocycles. The Morgan fingerprint density at radius 1 is 1.25 bits per heavy atom. The highest BCUT2D eigenvalue weighted by Gasteiger charge is 2.28. The smallest absolute Gasteiger partial charge is 0.135 e. The molecule has 1 aliphatic carbocycles. The molecule has 1 unspecified atom stereocenters. The second-order valence-corrected chi connectivity index (χ2v) is 4.10. The van der Waals surface area contributed by atoms with Crippen molar-refractivity contribution < 1.29 is 4.79 Å². The van der Waals surface area contributed by atoms with E-state index in [9.17, 15) is 4.79 Å². The van der Waals surface area contributed by atoms with Crippen molar-refractivity contribution in [2.24, 2.45) is 5.92 Å². The van der Waals surface area contributed by atoms with Crippen LogP contribution in [0.2, 0.25) is 0 Å². The summed E-state index contributed by atoms with van der Waals surface area (Å²) in [5.74, 6) is 1.26. The summed E-state index contributed by atoms with van der Waals surface area (Å²) in [5.41, 5.74) is 0. The molecule has 0 bridgehead atoms. The fraction of sp³-hybridized carbons (Fsp3) is 0.900. The van der Waals surface area contributed by atoms with Gasteiger partial charge >= 0.3 is 0 Å². The maximum absolute atomic E-state index is 11.2. The maximum atomic E-state index is 11.2. The standard InChI is InChI=1S/C10H17NO/c12-9-5-6-11-10(7-9)8-3-1-2-4-8/h8,10-11H,1-7H2. The van der Waals surface area contributed by atoms with E-state index in [-0.39, 0.29) is 0 Å². The molecule has 2 nitrogen and oxygen atoms in total. The van der Waals surface area contributed by atoms with E-state index < -0.39 is 0 Å². The number of piperidine rings is 1. The van der Waals surface area contributed by atoms with E-state index in [2.05, 4.69) is 5.32 Å². The lowest BCUT2D eigenvalue weighted by atomic mass is 9.90. The molecular weight excluding hydrogens is 150 g/mol. The molecule has 1 N–H and O–H groups in total. The minimum atomic E-state index is 0.464. The van der Waals surface area contributed by atoms with Crippen LogP contribution in [0.1, 0.15) is 38.5 Å². The summed E-state index contributed by atoms with van der Waals surface area (Å²) < 4.78 is 0. The molecule has 68 valence electrons. The molecule has 2 heteroatoms. The van der Waals surface area contributed by atoms with Gasteiger partial charge in [-0.15, -0.1) is 0 Å². The molecule has 1 saturated carbocycles. The number of rotatable bonds is 1. The average molecular weight is 167 g/mol. The zero-order chi connectivity index (χ0) is 8.39. The average Bonchev–Trinajstić information content (AvgIpc) is 2.56. The van der Waals surface area contributed by atoms with E-state index in [1.807, 2.05) is 0 Å². The lowest BCUT2D eigenvalue weighted by Crippen LogP contribution is -2.42. The molecule has 1 saturated heterocycles. The Kier molecular flexibility index (Phi) is 2.45. The van der Waals surface area contributed by atoms with Crippen molar-refractivity contribution in [2.45, 2.75) is 44.6 Å². The van der Waals surface area contributed by atoms with Gasteiger partial charge in [-0.1, -0.05) is 12.8 Å². The number of carbonyl (C=O) groups is 1. The molecule has 0 aromatic rings. The highest BCUT2D eigenvalue weighted by Crippen LogP contribution is 2.30. The third-order valence-electron chi connectivity index (χ3n) is 3.23. The van der Waals surface area contributed by atoms with Crippen LogP contribution >= 0.6 is 0 Å². The Bertz CT molecular complexity index is 173. The number of Topliss-reactive ketones (excluding diaryl/α,β-unsaturated/α-hetero) is 1. The fourth-order valence-corrected chi connectivity index (χ4v) is 2.51. The van der Waals surface area contributed by atoms with Crippen molar-refractivity contribution in [3.8, 4) is 0 Å². The molecule has 0 radical (unpaired) electrons. The number of nitrogens with one attached hydrogen (secondary N) is 1. The summed E-state index contributed by atoms with van der Waals surface area (Å²) in [6, 6.07) is 0.522. The van der Waals surface area contributed by atoms with Gasteiger partial charge in [-0.3, -0.25) is 4.79 Å². The quantitative estimate of drug-likeness (QED) is 0.641. The Hall–Kier alpha value is -0.370. The van der Waals surface area contributed by atoms with Gasteiger partial charge in [0.1, 0.15) is 5.78 Å². The number of hydrogen-bond acceptors (Lipinski definition) is 2. The fourth-order valence-electron chi connectivity index (χ4n) is 2.51. The first-order valence-corrected chi connectivity index (χ1v) is 5.11. The van der Waals surface area contributed by atoms with E-state index in [1.165, 1.54) is 25.7 Å². The molecule has 0 spiro atoms. The van der Waals surface area contributed by atoms with Gasteiger partial charge in [-0.25, -0.2) is 0 Å². The van der Waals surface area contributed by atoms with E-state index in [4.69, 9.17) is 0 Å². The Morgan fingerprint density at radius 2 is 2.00 bits per heavy atom. The topological polar surface area (TPSA) is 29.1 Å². The van der Waals surface area contributed by atoms with E-state index >= 15 is 0 Å². The summed E-state index contributed by atoms with van der Waals surface area (Å²) in [6.07, 6.45) is 6.97. The number of ketones is 1. The zero-order valence-corrected chi connectivity index (χ0v) is 7.51. The van der Waals surface area contributed by atoms with Crippen molar-refractivity contribution in [3.63, 3.8) is 0 Å². The monoisotopic (exact) mass is 167 g/mol. The first-order valence-electron chi connectivity index (χ1n) is 5.11. The van der Waals surface area contributed by atoms with Crippen molar-refractivity contribution in [1.82, 2.24) is 5.32 Å². The summed E-state index contributed by atoms with van der Waals surface area (Å²) in [7, 11) is 0. The van der Waals surface area contributed by atoms with Gasteiger partial charge in [0, 0.05) is 25.4 Å². The van der Waals surface area contributed by atoms with E-state index in [0.29, 0.717) is 11.8 Å². The summed E-state index contributed by atoms with van der Waals surface area (Å²) in [5, 5.41) is 3.47. The van der Waals surface area contributed by atoms with Crippen LogP contribution in [-0.2, 0) is 4.79 Å². The van der Waals surface area contributed by atoms with E-state index in [1.54, 1.807) is 0 Å². The van der Waals surface area contributed by atoms with Crippen LogP contribution in [0.4, 0.5) is 0 Å². The minimum absolute atomic E-state index is 0.464. The van der Waals surface area contributed by atoms with Gasteiger partial charge in [0.05, 0.1) is 0 Å². The molecule has 0 amide bonds. The molecule has 2 rings (SSSR count). The largest absolute Gasteiger partial charge is 0.313 e. The third kappa shape index (κ3) is 1.69. The van der Waals surface area contributed by atoms with Crippen LogP contribution in [-0.4, -0.2) is 18.4 Å². The Morgan fingerprint density at radius 3 is 2.67 bits per heavy atom. The zero-order valence-electron chi connectivity index (χ0n) is 7.51. The van der Waals surface area contributed by atoms with Crippen molar-refractivity contribution in [2.75, 3.05) is 6.54 Å². The molecule has 12 heavy (non-hydrogen) atoms. The molecule has 1 heterocycles. The Balaban J connectivity index is 1.89.